The van der Waals surface area contributed by atoms with Gasteiger partial charge in [-0.3, -0.25) is 0 Å². The fraction of sp³-hybridized carbons (Fsp3) is 0.500. The van der Waals surface area contributed by atoms with E-state index in [-0.39, 0.29) is 24.0 Å². The molecular formula is C14H22IN3. The smallest absolute Gasteiger partial charge is 0.193 e. The molecule has 0 aliphatic heterocycles. The van der Waals surface area contributed by atoms with Gasteiger partial charge in [0.2, 0.25) is 0 Å². The van der Waals surface area contributed by atoms with Crippen LogP contribution in [0.3, 0.4) is 0 Å². The lowest BCUT2D eigenvalue weighted by atomic mass is 10.1. The maximum Gasteiger partial charge on any atom is 0.193 e. The van der Waals surface area contributed by atoms with Gasteiger partial charge in [0.05, 0.1) is 6.04 Å². The predicted molar refractivity (Wildman–Crippen MR) is 88.7 cm³/mol. The number of nitrogens with zero attached hydrogens (tertiary/aromatic N) is 1. The summed E-state index contributed by atoms with van der Waals surface area (Å²) in [6.07, 6.45) is 3.45. The quantitative estimate of drug-likeness (QED) is 0.492. The van der Waals surface area contributed by atoms with E-state index in [2.05, 4.69) is 36.3 Å². The van der Waals surface area contributed by atoms with Crippen molar-refractivity contribution >= 4 is 35.6 Å². The van der Waals surface area contributed by atoms with Crippen LogP contribution < -0.4 is 11.1 Å². The number of nitrogens with two attached hydrogens (primary N) is 1. The molecule has 0 heterocycles. The van der Waals surface area contributed by atoms with Crippen LogP contribution in [-0.4, -0.2) is 12.0 Å². The molecule has 18 heavy (non-hydrogen) atoms. The molecule has 0 spiro atoms. The molecule has 3 nitrogen and oxygen atoms in total. The Balaban J connectivity index is 0.00000162. The third kappa shape index (κ3) is 4.15. The SMILES string of the molecule is CCc1ccc(NC(N)=N[C@@H]2C[C@H]2CC)cc1.I. The van der Waals surface area contributed by atoms with E-state index in [4.69, 9.17) is 5.73 Å². The van der Waals surface area contributed by atoms with Gasteiger partial charge in [-0.15, -0.1) is 24.0 Å². The van der Waals surface area contributed by atoms with Crippen molar-refractivity contribution in [2.75, 3.05) is 5.32 Å². The standard InChI is InChI=1S/C14H21N3.HI/c1-3-10-5-7-12(8-6-10)16-14(15)17-13-9-11(13)4-2;/h5-8,11,13H,3-4,9H2,1-2H3,(H3,15,16,17);1H/t11-,13-;/m1./s1. The van der Waals surface area contributed by atoms with Crippen LogP contribution in [0.5, 0.6) is 0 Å². The van der Waals surface area contributed by atoms with Crippen LogP contribution >= 0.6 is 24.0 Å². The second-order valence-electron chi connectivity index (χ2n) is 4.66. The molecular weight excluding hydrogens is 337 g/mol. The average Bonchev–Trinajstić information content (AvgIpc) is 3.08. The Morgan fingerprint density at radius 3 is 2.50 bits per heavy atom. The number of rotatable bonds is 4. The van der Waals surface area contributed by atoms with Gasteiger partial charge in [-0.1, -0.05) is 32.4 Å². The van der Waals surface area contributed by atoms with Crippen LogP contribution in [0.15, 0.2) is 29.3 Å². The molecule has 0 saturated heterocycles. The van der Waals surface area contributed by atoms with Crippen molar-refractivity contribution in [3.05, 3.63) is 29.8 Å². The maximum atomic E-state index is 5.87. The normalized spacial score (nSPS) is 22.2. The van der Waals surface area contributed by atoms with Gasteiger partial charge < -0.3 is 11.1 Å². The Kier molecular flexibility index (Phi) is 5.91. The molecule has 1 saturated carbocycles. The van der Waals surface area contributed by atoms with Crippen molar-refractivity contribution in [3.63, 3.8) is 0 Å². The van der Waals surface area contributed by atoms with E-state index in [1.54, 1.807) is 0 Å². The van der Waals surface area contributed by atoms with Gasteiger partial charge in [-0.2, -0.15) is 0 Å². The second kappa shape index (κ2) is 6.97. The third-order valence-corrected chi connectivity index (χ3v) is 3.35. The Hall–Kier alpha value is -0.780. The monoisotopic (exact) mass is 359 g/mol. The number of benzene rings is 1. The second-order valence-corrected chi connectivity index (χ2v) is 4.66. The highest BCUT2D eigenvalue weighted by Crippen LogP contribution is 2.36. The topological polar surface area (TPSA) is 50.4 Å². The van der Waals surface area contributed by atoms with Crippen molar-refractivity contribution in [1.29, 1.82) is 0 Å². The highest BCUT2D eigenvalue weighted by atomic mass is 127. The Bertz CT molecular complexity index is 400. The van der Waals surface area contributed by atoms with Crippen LogP contribution in [0.1, 0.15) is 32.3 Å². The fourth-order valence-corrected chi connectivity index (χ4v) is 2.01. The minimum absolute atomic E-state index is 0. The molecule has 0 radical (unpaired) electrons. The van der Waals surface area contributed by atoms with Gasteiger partial charge >= 0.3 is 0 Å². The molecule has 0 bridgehead atoms. The molecule has 0 unspecified atom stereocenters. The summed E-state index contributed by atoms with van der Waals surface area (Å²) in [6, 6.07) is 8.77. The predicted octanol–water partition coefficient (Wildman–Crippen LogP) is 3.39. The van der Waals surface area contributed by atoms with Crippen molar-refractivity contribution in [1.82, 2.24) is 0 Å². The van der Waals surface area contributed by atoms with E-state index in [0.717, 1.165) is 18.0 Å². The summed E-state index contributed by atoms with van der Waals surface area (Å²) in [5.74, 6) is 1.29. The molecule has 4 heteroatoms. The number of halogens is 1. The van der Waals surface area contributed by atoms with Gasteiger partial charge in [0.25, 0.3) is 0 Å². The molecule has 1 aromatic rings. The van der Waals surface area contributed by atoms with Crippen molar-refractivity contribution in [2.24, 2.45) is 16.6 Å². The number of aryl methyl sites for hydroxylation is 1. The van der Waals surface area contributed by atoms with Crippen molar-refractivity contribution in [3.8, 4) is 0 Å². The molecule has 100 valence electrons. The lowest BCUT2D eigenvalue weighted by Crippen LogP contribution is -2.23. The zero-order chi connectivity index (χ0) is 12.3. The summed E-state index contributed by atoms with van der Waals surface area (Å²) in [6.45, 7) is 4.35. The van der Waals surface area contributed by atoms with E-state index < -0.39 is 0 Å². The summed E-state index contributed by atoms with van der Waals surface area (Å²) in [7, 11) is 0. The number of guanidine groups is 1. The number of aliphatic imine (C=N–C) groups is 1. The zero-order valence-electron chi connectivity index (χ0n) is 11.0. The summed E-state index contributed by atoms with van der Waals surface area (Å²) in [5.41, 5.74) is 8.22. The number of hydrogen-bond acceptors (Lipinski definition) is 1. The van der Waals surface area contributed by atoms with Crippen LogP contribution in [0.2, 0.25) is 0 Å². The van der Waals surface area contributed by atoms with E-state index >= 15 is 0 Å². The molecule has 2 rings (SSSR count). The summed E-state index contributed by atoms with van der Waals surface area (Å²) < 4.78 is 0. The average molecular weight is 359 g/mol. The summed E-state index contributed by atoms with van der Waals surface area (Å²) in [4.78, 5) is 4.46. The zero-order valence-corrected chi connectivity index (χ0v) is 13.3. The van der Waals surface area contributed by atoms with E-state index in [1.165, 1.54) is 18.4 Å². The first kappa shape index (κ1) is 15.3. The van der Waals surface area contributed by atoms with Crippen molar-refractivity contribution in [2.45, 2.75) is 39.2 Å². The molecule has 0 amide bonds. The Labute approximate surface area is 126 Å². The fourth-order valence-electron chi connectivity index (χ4n) is 2.01. The van der Waals surface area contributed by atoms with Crippen molar-refractivity contribution < 1.29 is 0 Å². The van der Waals surface area contributed by atoms with E-state index in [0.29, 0.717) is 12.0 Å². The number of hydrogen-bond donors (Lipinski definition) is 2. The number of nitrogens with one attached hydrogen (secondary N) is 1. The van der Waals surface area contributed by atoms with Gasteiger partial charge in [0, 0.05) is 5.69 Å². The summed E-state index contributed by atoms with van der Waals surface area (Å²) >= 11 is 0. The molecule has 1 aliphatic rings. The Morgan fingerprint density at radius 2 is 2.00 bits per heavy atom. The minimum Gasteiger partial charge on any atom is -0.370 e. The molecule has 2 atom stereocenters. The lowest BCUT2D eigenvalue weighted by molar-refractivity contribution is 0.759. The maximum absolute atomic E-state index is 5.87. The summed E-state index contributed by atoms with van der Waals surface area (Å²) in [5, 5.41) is 3.14. The van der Waals surface area contributed by atoms with Gasteiger partial charge in [0.1, 0.15) is 0 Å². The molecule has 0 aromatic heterocycles. The first-order valence-corrected chi connectivity index (χ1v) is 6.42. The van der Waals surface area contributed by atoms with Crippen LogP contribution in [0, 0.1) is 5.92 Å². The van der Waals surface area contributed by atoms with Gasteiger partial charge in [0.15, 0.2) is 5.96 Å². The number of anilines is 1. The highest BCUT2D eigenvalue weighted by molar-refractivity contribution is 14.0. The minimum atomic E-state index is 0. The largest absolute Gasteiger partial charge is 0.370 e. The first-order valence-electron chi connectivity index (χ1n) is 6.42. The Morgan fingerprint density at radius 1 is 1.33 bits per heavy atom. The van der Waals surface area contributed by atoms with Crippen LogP contribution in [0.4, 0.5) is 5.69 Å². The lowest BCUT2D eigenvalue weighted by Gasteiger charge is -2.06. The van der Waals surface area contributed by atoms with Gasteiger partial charge in [-0.25, -0.2) is 4.99 Å². The molecule has 1 aromatic carbocycles. The van der Waals surface area contributed by atoms with Crippen LogP contribution in [-0.2, 0) is 6.42 Å². The van der Waals surface area contributed by atoms with Gasteiger partial charge in [-0.05, 0) is 36.5 Å². The third-order valence-electron chi connectivity index (χ3n) is 3.35. The van der Waals surface area contributed by atoms with Crippen LogP contribution in [0.25, 0.3) is 0 Å². The molecule has 1 fully saturated rings. The molecule has 1 aliphatic carbocycles. The van der Waals surface area contributed by atoms with E-state index in [1.807, 2.05) is 12.1 Å². The molecule has 3 N–H and O–H groups in total. The van der Waals surface area contributed by atoms with E-state index in [9.17, 15) is 0 Å². The first-order chi connectivity index (χ1) is 8.22. The highest BCUT2D eigenvalue weighted by Gasteiger charge is 2.35.